The molecule has 0 amide bonds. The van der Waals surface area contributed by atoms with Crippen molar-refractivity contribution in [3.05, 3.63) is 42.1 Å². The Morgan fingerprint density at radius 2 is 2.22 bits per heavy atom. The maximum absolute atomic E-state index is 10.6. The van der Waals surface area contributed by atoms with Gasteiger partial charge < -0.3 is 9.67 Å². The molecule has 18 heavy (non-hydrogen) atoms. The van der Waals surface area contributed by atoms with Gasteiger partial charge in [-0.1, -0.05) is 18.2 Å². The molecule has 2 rings (SSSR count). The van der Waals surface area contributed by atoms with E-state index in [0.29, 0.717) is 13.0 Å². The van der Waals surface area contributed by atoms with E-state index in [4.69, 9.17) is 10.4 Å². The van der Waals surface area contributed by atoms with Crippen molar-refractivity contribution in [2.45, 2.75) is 13.0 Å². The SMILES string of the molecule is N#CCCn1cc(C=CC(=O)O)c2ccccc21. The van der Waals surface area contributed by atoms with E-state index >= 15 is 0 Å². The highest BCUT2D eigenvalue weighted by Gasteiger charge is 2.05. The van der Waals surface area contributed by atoms with Gasteiger partial charge in [0.1, 0.15) is 0 Å². The van der Waals surface area contributed by atoms with Gasteiger partial charge in [-0.2, -0.15) is 5.26 Å². The Morgan fingerprint density at radius 3 is 2.94 bits per heavy atom. The molecule has 0 saturated heterocycles. The van der Waals surface area contributed by atoms with Crippen LogP contribution in [0.2, 0.25) is 0 Å². The summed E-state index contributed by atoms with van der Waals surface area (Å²) in [7, 11) is 0. The molecule has 1 heterocycles. The maximum Gasteiger partial charge on any atom is 0.328 e. The topological polar surface area (TPSA) is 66.0 Å². The van der Waals surface area contributed by atoms with Crippen molar-refractivity contribution in [1.29, 1.82) is 5.26 Å². The van der Waals surface area contributed by atoms with Crippen molar-refractivity contribution in [2.24, 2.45) is 0 Å². The van der Waals surface area contributed by atoms with E-state index in [9.17, 15) is 4.79 Å². The number of aliphatic carboxylic acids is 1. The van der Waals surface area contributed by atoms with Gasteiger partial charge in [-0.3, -0.25) is 0 Å². The van der Waals surface area contributed by atoms with Gasteiger partial charge in [0.05, 0.1) is 12.5 Å². The molecule has 1 aromatic carbocycles. The van der Waals surface area contributed by atoms with Crippen molar-refractivity contribution in [3.8, 4) is 6.07 Å². The molecule has 0 aliphatic rings. The molecule has 0 saturated carbocycles. The fourth-order valence-electron chi connectivity index (χ4n) is 1.92. The third-order valence-electron chi connectivity index (χ3n) is 2.69. The number of aromatic nitrogens is 1. The molecule has 1 N–H and O–H groups in total. The zero-order chi connectivity index (χ0) is 13.0. The lowest BCUT2D eigenvalue weighted by Gasteiger charge is -2.00. The third kappa shape index (κ3) is 2.41. The minimum absolute atomic E-state index is 0.431. The number of nitrogens with zero attached hydrogens (tertiary/aromatic N) is 2. The number of carboxylic acids is 1. The molecule has 0 bridgehead atoms. The Kier molecular flexibility index (Phi) is 3.44. The summed E-state index contributed by atoms with van der Waals surface area (Å²) >= 11 is 0. The second kappa shape index (κ2) is 5.19. The highest BCUT2D eigenvalue weighted by molar-refractivity contribution is 5.93. The van der Waals surface area contributed by atoms with Crippen molar-refractivity contribution in [2.75, 3.05) is 0 Å². The smallest absolute Gasteiger partial charge is 0.328 e. The average Bonchev–Trinajstić information content (AvgIpc) is 2.72. The first kappa shape index (κ1) is 11.9. The van der Waals surface area contributed by atoms with Gasteiger partial charge in [0.2, 0.25) is 0 Å². The molecule has 0 atom stereocenters. The normalized spacial score (nSPS) is 10.8. The van der Waals surface area contributed by atoms with Crippen LogP contribution in [-0.2, 0) is 11.3 Å². The van der Waals surface area contributed by atoms with Crippen LogP contribution in [0.1, 0.15) is 12.0 Å². The van der Waals surface area contributed by atoms with Crippen molar-refractivity contribution in [3.63, 3.8) is 0 Å². The standard InChI is InChI=1S/C14H12N2O2/c15-8-3-9-16-10-11(6-7-14(17)18)12-4-1-2-5-13(12)16/h1-2,4-7,10H,3,9H2,(H,17,18). The lowest BCUT2D eigenvalue weighted by atomic mass is 10.1. The van der Waals surface area contributed by atoms with Crippen LogP contribution in [-0.4, -0.2) is 15.6 Å². The van der Waals surface area contributed by atoms with Gasteiger partial charge in [-0.25, -0.2) is 4.79 Å². The Hall–Kier alpha value is -2.54. The molecule has 0 aliphatic carbocycles. The number of hydrogen-bond acceptors (Lipinski definition) is 2. The van der Waals surface area contributed by atoms with Crippen molar-refractivity contribution < 1.29 is 9.90 Å². The average molecular weight is 240 g/mol. The van der Waals surface area contributed by atoms with Crippen LogP contribution < -0.4 is 0 Å². The molecule has 0 radical (unpaired) electrons. The summed E-state index contributed by atoms with van der Waals surface area (Å²) in [5, 5.41) is 18.3. The van der Waals surface area contributed by atoms with E-state index in [1.54, 1.807) is 6.08 Å². The monoisotopic (exact) mass is 240 g/mol. The van der Waals surface area contributed by atoms with Gasteiger partial charge in [0.25, 0.3) is 0 Å². The molecule has 1 aromatic heterocycles. The summed E-state index contributed by atoms with van der Waals surface area (Å²) in [5.74, 6) is -0.969. The summed E-state index contributed by atoms with van der Waals surface area (Å²) in [5.41, 5.74) is 1.86. The molecule has 2 aromatic rings. The fraction of sp³-hybridized carbons (Fsp3) is 0.143. The number of benzene rings is 1. The summed E-state index contributed by atoms with van der Waals surface area (Å²) in [6.45, 7) is 0.609. The summed E-state index contributed by atoms with van der Waals surface area (Å²) in [6, 6.07) is 9.85. The molecule has 0 spiro atoms. The Balaban J connectivity index is 2.47. The predicted molar refractivity (Wildman–Crippen MR) is 68.8 cm³/mol. The van der Waals surface area contributed by atoms with Gasteiger partial charge >= 0.3 is 5.97 Å². The number of rotatable bonds is 4. The molecular weight excluding hydrogens is 228 g/mol. The fourth-order valence-corrected chi connectivity index (χ4v) is 1.92. The van der Waals surface area contributed by atoms with Crippen molar-refractivity contribution in [1.82, 2.24) is 4.57 Å². The zero-order valence-electron chi connectivity index (χ0n) is 9.71. The number of carbonyl (C=O) groups is 1. The molecular formula is C14H12N2O2. The molecule has 90 valence electrons. The van der Waals surface area contributed by atoms with Gasteiger partial charge in [0.15, 0.2) is 0 Å². The van der Waals surface area contributed by atoms with Crippen LogP contribution in [0.3, 0.4) is 0 Å². The van der Waals surface area contributed by atoms with E-state index in [1.165, 1.54) is 0 Å². The van der Waals surface area contributed by atoms with Crippen LogP contribution in [0.25, 0.3) is 17.0 Å². The predicted octanol–water partition coefficient (Wildman–Crippen LogP) is 2.65. The van der Waals surface area contributed by atoms with Gasteiger partial charge in [-0.05, 0) is 12.1 Å². The first-order valence-electron chi connectivity index (χ1n) is 5.58. The Labute approximate surface area is 104 Å². The van der Waals surface area contributed by atoms with Gasteiger partial charge in [-0.15, -0.1) is 0 Å². The van der Waals surface area contributed by atoms with E-state index in [-0.39, 0.29) is 0 Å². The second-order valence-corrected chi connectivity index (χ2v) is 3.87. The number of aryl methyl sites for hydroxylation is 1. The number of para-hydroxylation sites is 1. The molecule has 4 nitrogen and oxygen atoms in total. The van der Waals surface area contributed by atoms with Crippen molar-refractivity contribution >= 4 is 22.9 Å². The first-order valence-corrected chi connectivity index (χ1v) is 5.58. The number of nitriles is 1. The molecule has 0 aliphatic heterocycles. The highest BCUT2D eigenvalue weighted by Crippen LogP contribution is 2.22. The minimum Gasteiger partial charge on any atom is -0.478 e. The largest absolute Gasteiger partial charge is 0.478 e. The molecule has 0 fully saturated rings. The maximum atomic E-state index is 10.6. The van der Waals surface area contributed by atoms with Gasteiger partial charge in [0, 0.05) is 35.3 Å². The van der Waals surface area contributed by atoms with Crippen LogP contribution in [0.5, 0.6) is 0 Å². The summed E-state index contributed by atoms with van der Waals surface area (Å²) in [4.78, 5) is 10.6. The van der Waals surface area contributed by atoms with Crippen LogP contribution in [0.4, 0.5) is 0 Å². The van der Waals surface area contributed by atoms with Crippen LogP contribution in [0, 0.1) is 11.3 Å². The summed E-state index contributed by atoms with van der Waals surface area (Å²) in [6.07, 6.45) is 5.01. The Bertz CT molecular complexity index is 647. The number of fused-ring (bicyclic) bond motifs is 1. The number of hydrogen-bond donors (Lipinski definition) is 1. The van der Waals surface area contributed by atoms with Crippen LogP contribution in [0.15, 0.2) is 36.5 Å². The Morgan fingerprint density at radius 1 is 1.44 bits per heavy atom. The zero-order valence-corrected chi connectivity index (χ0v) is 9.71. The summed E-state index contributed by atoms with van der Waals surface area (Å²) < 4.78 is 1.97. The molecule has 4 heteroatoms. The first-order chi connectivity index (χ1) is 8.72. The van der Waals surface area contributed by atoms with E-state index in [2.05, 4.69) is 6.07 Å². The minimum atomic E-state index is -0.969. The number of carboxylic acid groups (broad SMARTS) is 1. The highest BCUT2D eigenvalue weighted by atomic mass is 16.4. The van der Waals surface area contributed by atoms with Crippen LogP contribution >= 0.6 is 0 Å². The lowest BCUT2D eigenvalue weighted by Crippen LogP contribution is -1.94. The molecule has 0 unspecified atom stereocenters. The quantitative estimate of drug-likeness (QED) is 0.835. The van der Waals surface area contributed by atoms with E-state index in [0.717, 1.165) is 22.5 Å². The third-order valence-corrected chi connectivity index (χ3v) is 2.69. The van der Waals surface area contributed by atoms with E-state index < -0.39 is 5.97 Å². The second-order valence-electron chi connectivity index (χ2n) is 3.87. The lowest BCUT2D eigenvalue weighted by molar-refractivity contribution is -0.131. The van der Waals surface area contributed by atoms with E-state index in [1.807, 2.05) is 35.0 Å².